The first kappa shape index (κ1) is 19.4. The Kier molecular flexibility index (Phi) is 7.99. The minimum Gasteiger partial charge on any atom is -0.459 e. The van der Waals surface area contributed by atoms with E-state index in [4.69, 9.17) is 4.74 Å². The van der Waals surface area contributed by atoms with Gasteiger partial charge in [-0.3, -0.25) is 14.4 Å². The molecule has 0 aromatic carbocycles. The molecule has 0 aliphatic carbocycles. The molecule has 122 valence electrons. The van der Waals surface area contributed by atoms with Crippen molar-refractivity contribution in [1.29, 1.82) is 0 Å². The molecule has 0 aliphatic heterocycles. The van der Waals surface area contributed by atoms with Crippen molar-refractivity contribution in [2.24, 2.45) is 5.92 Å². The summed E-state index contributed by atoms with van der Waals surface area (Å²) in [5.74, 6) is -0.801. The van der Waals surface area contributed by atoms with Gasteiger partial charge < -0.3 is 15.4 Å². The van der Waals surface area contributed by atoms with Crippen LogP contribution >= 0.6 is 0 Å². The summed E-state index contributed by atoms with van der Waals surface area (Å²) in [6, 6.07) is -0.625. The number of amides is 2. The third-order valence-corrected chi connectivity index (χ3v) is 2.51. The number of esters is 1. The molecule has 0 aromatic heterocycles. The van der Waals surface area contributed by atoms with E-state index in [9.17, 15) is 14.4 Å². The van der Waals surface area contributed by atoms with E-state index in [-0.39, 0.29) is 24.3 Å². The van der Waals surface area contributed by atoms with E-state index in [1.807, 2.05) is 13.8 Å². The zero-order chi connectivity index (χ0) is 16.6. The molecular formula is C15H28N2O4. The van der Waals surface area contributed by atoms with Crippen LogP contribution in [-0.2, 0) is 19.1 Å². The Hall–Kier alpha value is -1.59. The Balaban J connectivity index is 4.46. The molecule has 1 atom stereocenters. The lowest BCUT2D eigenvalue weighted by Gasteiger charge is -2.22. The molecule has 21 heavy (non-hydrogen) atoms. The SMILES string of the molecule is CCC(=O)N[C@@H](CC(C)C)C(=O)NCC(=O)OC(C)(C)C. The van der Waals surface area contributed by atoms with Gasteiger partial charge in [0.05, 0.1) is 0 Å². The van der Waals surface area contributed by atoms with Crippen LogP contribution in [0.25, 0.3) is 0 Å². The number of hydrogen-bond acceptors (Lipinski definition) is 4. The van der Waals surface area contributed by atoms with E-state index in [1.54, 1.807) is 27.7 Å². The van der Waals surface area contributed by atoms with Crippen LogP contribution in [0.3, 0.4) is 0 Å². The lowest BCUT2D eigenvalue weighted by molar-refractivity contribution is -0.154. The van der Waals surface area contributed by atoms with Gasteiger partial charge in [0.2, 0.25) is 11.8 Å². The smallest absolute Gasteiger partial charge is 0.325 e. The Bertz CT molecular complexity index is 372. The molecule has 0 bridgehead atoms. The van der Waals surface area contributed by atoms with Crippen molar-refractivity contribution in [2.75, 3.05) is 6.54 Å². The molecule has 2 N–H and O–H groups in total. The van der Waals surface area contributed by atoms with Crippen LogP contribution in [0.1, 0.15) is 54.4 Å². The van der Waals surface area contributed by atoms with Gasteiger partial charge in [-0.15, -0.1) is 0 Å². The van der Waals surface area contributed by atoms with Gasteiger partial charge in [-0.05, 0) is 33.1 Å². The third kappa shape index (κ3) is 9.87. The third-order valence-electron chi connectivity index (χ3n) is 2.51. The fourth-order valence-electron chi connectivity index (χ4n) is 1.66. The Morgan fingerprint density at radius 3 is 2.14 bits per heavy atom. The van der Waals surface area contributed by atoms with Gasteiger partial charge in [-0.25, -0.2) is 0 Å². The highest BCUT2D eigenvalue weighted by molar-refractivity contribution is 5.89. The lowest BCUT2D eigenvalue weighted by atomic mass is 10.0. The van der Waals surface area contributed by atoms with Gasteiger partial charge in [-0.2, -0.15) is 0 Å². The van der Waals surface area contributed by atoms with Crippen molar-refractivity contribution in [1.82, 2.24) is 10.6 Å². The second-order valence-corrected chi connectivity index (χ2v) is 6.41. The number of ether oxygens (including phenoxy) is 1. The molecule has 0 aliphatic rings. The maximum atomic E-state index is 12.1. The summed E-state index contributed by atoms with van der Waals surface area (Å²) in [5.41, 5.74) is -0.588. The second kappa shape index (κ2) is 8.64. The first-order chi connectivity index (χ1) is 9.55. The maximum Gasteiger partial charge on any atom is 0.325 e. The first-order valence-electron chi connectivity index (χ1n) is 7.34. The maximum absolute atomic E-state index is 12.1. The second-order valence-electron chi connectivity index (χ2n) is 6.41. The van der Waals surface area contributed by atoms with Crippen LogP contribution in [0.15, 0.2) is 0 Å². The van der Waals surface area contributed by atoms with Crippen molar-refractivity contribution >= 4 is 17.8 Å². The molecule has 2 amide bonds. The predicted octanol–water partition coefficient (Wildman–Crippen LogP) is 1.39. The van der Waals surface area contributed by atoms with Gasteiger partial charge >= 0.3 is 5.97 Å². The largest absolute Gasteiger partial charge is 0.459 e. The minimum absolute atomic E-state index is 0.187. The summed E-state index contributed by atoms with van der Waals surface area (Å²) in [6.45, 7) is 10.7. The molecule has 6 nitrogen and oxygen atoms in total. The summed E-state index contributed by atoms with van der Waals surface area (Å²) in [6.07, 6.45) is 0.833. The highest BCUT2D eigenvalue weighted by Gasteiger charge is 2.23. The zero-order valence-electron chi connectivity index (χ0n) is 13.9. The van der Waals surface area contributed by atoms with E-state index in [1.165, 1.54) is 0 Å². The fourth-order valence-corrected chi connectivity index (χ4v) is 1.66. The van der Waals surface area contributed by atoms with E-state index >= 15 is 0 Å². The van der Waals surface area contributed by atoms with Crippen LogP contribution in [0, 0.1) is 5.92 Å². The summed E-state index contributed by atoms with van der Waals surface area (Å²) >= 11 is 0. The van der Waals surface area contributed by atoms with E-state index in [2.05, 4.69) is 10.6 Å². The van der Waals surface area contributed by atoms with Gasteiger partial charge in [-0.1, -0.05) is 20.8 Å². The van der Waals surface area contributed by atoms with Crippen LogP contribution in [-0.4, -0.2) is 36.0 Å². The van der Waals surface area contributed by atoms with Gasteiger partial charge in [0.25, 0.3) is 0 Å². The molecule has 0 spiro atoms. The first-order valence-corrected chi connectivity index (χ1v) is 7.34. The zero-order valence-corrected chi connectivity index (χ0v) is 13.9. The van der Waals surface area contributed by atoms with E-state index in [0.717, 1.165) is 0 Å². The van der Waals surface area contributed by atoms with Crippen molar-refractivity contribution in [2.45, 2.75) is 66.0 Å². The molecule has 0 rings (SSSR count). The van der Waals surface area contributed by atoms with Crippen LogP contribution < -0.4 is 10.6 Å². The standard InChI is InChI=1S/C15H28N2O4/c1-7-12(18)17-11(8-10(2)3)14(20)16-9-13(19)21-15(4,5)6/h10-11H,7-9H2,1-6H3,(H,16,20)(H,17,18)/t11-/m0/s1. The average Bonchev–Trinajstić information content (AvgIpc) is 2.32. The molecule has 0 unspecified atom stereocenters. The molecule has 0 heterocycles. The number of carbonyl (C=O) groups excluding carboxylic acids is 3. The molecule has 0 fully saturated rings. The fraction of sp³-hybridized carbons (Fsp3) is 0.800. The van der Waals surface area contributed by atoms with Gasteiger partial charge in [0.1, 0.15) is 18.2 Å². The monoisotopic (exact) mass is 300 g/mol. The number of nitrogens with one attached hydrogen (secondary N) is 2. The molecular weight excluding hydrogens is 272 g/mol. The predicted molar refractivity (Wildman–Crippen MR) is 80.5 cm³/mol. The van der Waals surface area contributed by atoms with Crippen molar-refractivity contribution < 1.29 is 19.1 Å². The van der Waals surface area contributed by atoms with Crippen LogP contribution in [0.5, 0.6) is 0 Å². The van der Waals surface area contributed by atoms with E-state index < -0.39 is 17.6 Å². The van der Waals surface area contributed by atoms with Gasteiger partial charge in [0, 0.05) is 6.42 Å². The lowest BCUT2D eigenvalue weighted by Crippen LogP contribution is -2.48. The Morgan fingerprint density at radius 1 is 1.14 bits per heavy atom. The molecule has 6 heteroatoms. The van der Waals surface area contributed by atoms with Crippen molar-refractivity contribution in [3.8, 4) is 0 Å². The molecule has 0 saturated carbocycles. The molecule has 0 radical (unpaired) electrons. The van der Waals surface area contributed by atoms with E-state index in [0.29, 0.717) is 12.8 Å². The van der Waals surface area contributed by atoms with Crippen molar-refractivity contribution in [3.05, 3.63) is 0 Å². The number of hydrogen-bond donors (Lipinski definition) is 2. The van der Waals surface area contributed by atoms with Crippen LogP contribution in [0.2, 0.25) is 0 Å². The summed E-state index contributed by atoms with van der Waals surface area (Å²) < 4.78 is 5.11. The quantitative estimate of drug-likeness (QED) is 0.696. The van der Waals surface area contributed by atoms with Gasteiger partial charge in [0.15, 0.2) is 0 Å². The number of rotatable bonds is 7. The normalized spacial score (nSPS) is 12.7. The number of carbonyl (C=O) groups is 3. The Morgan fingerprint density at radius 2 is 1.71 bits per heavy atom. The highest BCUT2D eigenvalue weighted by atomic mass is 16.6. The highest BCUT2D eigenvalue weighted by Crippen LogP contribution is 2.07. The summed E-state index contributed by atoms with van der Waals surface area (Å²) in [5, 5.41) is 5.18. The van der Waals surface area contributed by atoms with Crippen LogP contribution in [0.4, 0.5) is 0 Å². The summed E-state index contributed by atoms with van der Waals surface area (Å²) in [7, 11) is 0. The minimum atomic E-state index is -0.625. The average molecular weight is 300 g/mol. The van der Waals surface area contributed by atoms with Crippen molar-refractivity contribution in [3.63, 3.8) is 0 Å². The molecule has 0 saturated heterocycles. The summed E-state index contributed by atoms with van der Waals surface area (Å²) in [4.78, 5) is 35.1. The molecule has 0 aromatic rings. The topological polar surface area (TPSA) is 84.5 Å². The Labute approximate surface area is 127 Å².